The van der Waals surface area contributed by atoms with Crippen molar-refractivity contribution in [2.24, 2.45) is 11.5 Å². The number of sulfonamides is 1. The van der Waals surface area contributed by atoms with E-state index in [1.54, 1.807) is 19.1 Å². The Morgan fingerprint density at radius 3 is 2.06 bits per heavy atom. The van der Waals surface area contributed by atoms with E-state index in [9.17, 15) is 26.2 Å². The zero-order chi connectivity index (χ0) is 26.8. The van der Waals surface area contributed by atoms with Crippen LogP contribution in [-0.2, 0) is 19.4 Å². The molecule has 0 radical (unpaired) electrons. The Bertz CT molecular complexity index is 1130. The van der Waals surface area contributed by atoms with E-state index in [1.165, 1.54) is 0 Å². The molecule has 2 rings (SSSR count). The zero-order valence-corrected chi connectivity index (χ0v) is 21.2. The maximum Gasteiger partial charge on any atom is 0.490 e. The Labute approximate surface area is 204 Å². The molecular formula is C18H27F3N3O8PS2. The molecule has 1 unspecified atom stereocenters. The molecule has 0 aliphatic carbocycles. The second-order valence-corrected chi connectivity index (χ2v) is 11.0. The molecule has 0 amide bonds. The van der Waals surface area contributed by atoms with E-state index in [0.29, 0.717) is 60.9 Å². The lowest BCUT2D eigenvalue weighted by molar-refractivity contribution is -0.192. The summed E-state index contributed by atoms with van der Waals surface area (Å²) in [5.74, 6) is -1.74. The van der Waals surface area contributed by atoms with Gasteiger partial charge in [-0.2, -0.15) is 13.2 Å². The van der Waals surface area contributed by atoms with Crippen LogP contribution in [0.2, 0.25) is 0 Å². The van der Waals surface area contributed by atoms with Gasteiger partial charge in [0.05, 0.1) is 19.5 Å². The zero-order valence-electron chi connectivity index (χ0n) is 18.6. The molecule has 11 nitrogen and oxygen atoms in total. The Hall–Kier alpha value is -1.94. The number of aryl methyl sites for hydroxylation is 1. The highest BCUT2D eigenvalue weighted by Gasteiger charge is 2.38. The van der Waals surface area contributed by atoms with E-state index in [4.69, 9.17) is 35.7 Å². The number of halogens is 3. The number of rotatable bonds is 12. The summed E-state index contributed by atoms with van der Waals surface area (Å²) in [6.07, 6.45) is -4.23. The van der Waals surface area contributed by atoms with Crippen LogP contribution in [0, 0.1) is 6.92 Å². The molecule has 200 valence electrons. The molecular weight excluding hydrogens is 538 g/mol. The summed E-state index contributed by atoms with van der Waals surface area (Å²) in [7, 11) is -6.85. The first kappa shape index (κ1) is 31.1. The van der Waals surface area contributed by atoms with Crippen LogP contribution in [0.25, 0.3) is 10.1 Å². The minimum Gasteiger partial charge on any atom is -0.490 e. The lowest BCUT2D eigenvalue weighted by Gasteiger charge is -2.13. The number of alkyl halides is 3. The summed E-state index contributed by atoms with van der Waals surface area (Å²) >= 11 is 1.07. The average molecular weight is 566 g/mol. The fraction of sp³-hybridized carbons (Fsp3) is 0.500. The van der Waals surface area contributed by atoms with Crippen LogP contribution in [0.4, 0.5) is 13.2 Å². The predicted molar refractivity (Wildman–Crippen MR) is 125 cm³/mol. The standard InChI is InChI=1S/C16H26N3O6PS2.C2HF3O2/c1-11-12-8-13(24-6-2-4-17)14(25-7-3-5-18)9-15(12)27-16(11)28(22,23)19-10-26(20)21;3-2(4,5)1(6)7/h8-9,19,26H,2-7,10,17-18H2,1H3,(H,20,21);(H,6,7). The van der Waals surface area contributed by atoms with Crippen LogP contribution in [0.1, 0.15) is 18.4 Å². The van der Waals surface area contributed by atoms with Crippen LogP contribution in [0.5, 0.6) is 11.5 Å². The number of aliphatic carboxylic acids is 1. The Morgan fingerprint density at radius 2 is 1.63 bits per heavy atom. The molecule has 0 bridgehead atoms. The topological polar surface area (TPSA) is 191 Å². The third kappa shape index (κ3) is 9.91. The number of carboxylic acids is 1. The first-order valence-corrected chi connectivity index (χ1v) is 13.8. The molecule has 1 aromatic heterocycles. The highest BCUT2D eigenvalue weighted by atomic mass is 32.2. The number of benzene rings is 1. The van der Waals surface area contributed by atoms with Gasteiger partial charge in [0, 0.05) is 16.2 Å². The summed E-state index contributed by atoms with van der Waals surface area (Å²) in [5.41, 5.74) is 11.6. The average Bonchev–Trinajstić information content (AvgIpc) is 3.09. The smallest absolute Gasteiger partial charge is 0.490 e. The minimum atomic E-state index is -5.08. The first-order chi connectivity index (χ1) is 16.2. The summed E-state index contributed by atoms with van der Waals surface area (Å²) in [6, 6.07) is 3.50. The van der Waals surface area contributed by atoms with E-state index in [0.717, 1.165) is 16.7 Å². The Kier molecular flexibility index (Phi) is 12.4. The second kappa shape index (κ2) is 14.0. The Morgan fingerprint density at radius 1 is 1.14 bits per heavy atom. The Balaban J connectivity index is 0.000000762. The third-order valence-electron chi connectivity index (χ3n) is 4.07. The first-order valence-electron chi connectivity index (χ1n) is 9.99. The van der Waals surface area contributed by atoms with Crippen molar-refractivity contribution in [3.63, 3.8) is 0 Å². The van der Waals surface area contributed by atoms with Crippen molar-refractivity contribution in [3.8, 4) is 11.5 Å². The van der Waals surface area contributed by atoms with Gasteiger partial charge in [-0.1, -0.05) is 0 Å². The predicted octanol–water partition coefficient (Wildman–Crippen LogP) is 2.00. The summed E-state index contributed by atoms with van der Waals surface area (Å²) in [4.78, 5) is 17.8. The fourth-order valence-electron chi connectivity index (χ4n) is 2.44. The molecule has 7 N–H and O–H groups in total. The molecule has 2 aromatic rings. The van der Waals surface area contributed by atoms with Gasteiger partial charge in [-0.05, 0) is 44.5 Å². The molecule has 1 heterocycles. The summed E-state index contributed by atoms with van der Waals surface area (Å²) < 4.78 is 82.1. The van der Waals surface area contributed by atoms with Crippen molar-refractivity contribution in [1.82, 2.24) is 4.72 Å². The molecule has 0 fully saturated rings. The van der Waals surface area contributed by atoms with E-state index >= 15 is 0 Å². The number of nitrogens with two attached hydrogens (primary N) is 2. The van der Waals surface area contributed by atoms with E-state index < -0.39 is 36.5 Å². The number of fused-ring (bicyclic) bond motifs is 1. The van der Waals surface area contributed by atoms with Gasteiger partial charge < -0.3 is 30.9 Å². The van der Waals surface area contributed by atoms with Gasteiger partial charge in [0.25, 0.3) is 10.0 Å². The maximum atomic E-state index is 12.5. The third-order valence-corrected chi connectivity index (χ3v) is 8.08. The summed E-state index contributed by atoms with van der Waals surface area (Å²) in [5, 5.41) is 7.84. The number of hydrogen-bond acceptors (Lipinski definition) is 9. The number of carbonyl (C=O) groups is 1. The quantitative estimate of drug-likeness (QED) is 0.188. The van der Waals surface area contributed by atoms with Gasteiger partial charge >= 0.3 is 12.1 Å². The maximum absolute atomic E-state index is 12.5. The molecule has 0 aliphatic heterocycles. The van der Waals surface area contributed by atoms with Crippen molar-refractivity contribution >= 4 is 45.4 Å². The van der Waals surface area contributed by atoms with Gasteiger partial charge in [0.15, 0.2) is 11.5 Å². The molecule has 0 spiro atoms. The van der Waals surface area contributed by atoms with Crippen LogP contribution >= 0.6 is 19.4 Å². The van der Waals surface area contributed by atoms with Crippen molar-refractivity contribution < 1.29 is 50.4 Å². The lowest BCUT2D eigenvalue weighted by Crippen LogP contribution is -2.22. The van der Waals surface area contributed by atoms with Crippen LogP contribution in [-0.4, -0.2) is 63.2 Å². The number of carboxylic acid groups (broad SMARTS) is 1. The monoisotopic (exact) mass is 565 g/mol. The van der Waals surface area contributed by atoms with Crippen LogP contribution < -0.4 is 25.7 Å². The van der Waals surface area contributed by atoms with Gasteiger partial charge in [-0.15, -0.1) is 11.3 Å². The van der Waals surface area contributed by atoms with Crippen LogP contribution in [0.15, 0.2) is 16.3 Å². The number of ether oxygens (including phenoxy) is 2. The van der Waals surface area contributed by atoms with Gasteiger partial charge in [-0.3, -0.25) is 4.57 Å². The van der Waals surface area contributed by atoms with Gasteiger partial charge in [0.2, 0.25) is 8.03 Å². The van der Waals surface area contributed by atoms with Crippen molar-refractivity contribution in [2.75, 3.05) is 32.6 Å². The van der Waals surface area contributed by atoms with E-state index in [1.807, 2.05) is 0 Å². The molecule has 35 heavy (non-hydrogen) atoms. The SMILES string of the molecule is Cc1c(S(=O)(=O)NC[PH](=O)O)sc2cc(OCCCN)c(OCCCN)cc12.O=C(O)C(F)(F)F. The van der Waals surface area contributed by atoms with Crippen LogP contribution in [0.3, 0.4) is 0 Å². The molecule has 0 saturated carbocycles. The second-order valence-electron chi connectivity index (χ2n) is 6.81. The molecule has 0 saturated heterocycles. The molecule has 0 aliphatic rings. The van der Waals surface area contributed by atoms with Crippen molar-refractivity contribution in [2.45, 2.75) is 30.2 Å². The largest absolute Gasteiger partial charge is 0.490 e. The minimum absolute atomic E-state index is 0.0952. The van der Waals surface area contributed by atoms with Gasteiger partial charge in [-0.25, -0.2) is 17.9 Å². The summed E-state index contributed by atoms with van der Waals surface area (Å²) in [6.45, 7) is 3.50. The fourth-order valence-corrected chi connectivity index (χ4v) is 6.17. The van der Waals surface area contributed by atoms with Gasteiger partial charge in [0.1, 0.15) is 4.21 Å². The van der Waals surface area contributed by atoms with Crippen molar-refractivity contribution in [1.29, 1.82) is 0 Å². The highest BCUT2D eigenvalue weighted by molar-refractivity contribution is 7.92. The number of nitrogens with one attached hydrogen (secondary N) is 1. The number of hydrogen-bond donors (Lipinski definition) is 5. The highest BCUT2D eigenvalue weighted by Crippen LogP contribution is 2.41. The lowest BCUT2D eigenvalue weighted by atomic mass is 10.2. The van der Waals surface area contributed by atoms with Crippen molar-refractivity contribution in [3.05, 3.63) is 17.7 Å². The normalized spacial score (nSPS) is 12.7. The molecule has 17 heteroatoms. The molecule has 1 atom stereocenters. The van der Waals surface area contributed by atoms with E-state index in [2.05, 4.69) is 4.72 Å². The van der Waals surface area contributed by atoms with E-state index in [-0.39, 0.29) is 4.21 Å². The molecule has 1 aromatic carbocycles. The number of thiophene rings is 1.